The van der Waals surface area contributed by atoms with Crippen LogP contribution in [0.1, 0.15) is 31.0 Å². The summed E-state index contributed by atoms with van der Waals surface area (Å²) < 4.78 is 0. The second kappa shape index (κ2) is 7.97. The molecule has 5 nitrogen and oxygen atoms in total. The molecule has 0 radical (unpaired) electrons. The Morgan fingerprint density at radius 1 is 1.30 bits per heavy atom. The maximum absolute atomic E-state index is 11.6. The lowest BCUT2D eigenvalue weighted by molar-refractivity contribution is -0.125. The minimum atomic E-state index is -0.239. The van der Waals surface area contributed by atoms with Crippen LogP contribution in [0.3, 0.4) is 0 Å². The zero-order valence-electron chi connectivity index (χ0n) is 11.6. The van der Waals surface area contributed by atoms with Gasteiger partial charge in [0.25, 0.3) is 0 Å². The van der Waals surface area contributed by atoms with Crippen molar-refractivity contribution < 1.29 is 14.7 Å². The van der Waals surface area contributed by atoms with Crippen LogP contribution in [0.2, 0.25) is 0 Å². The predicted molar refractivity (Wildman–Crippen MR) is 75.6 cm³/mol. The summed E-state index contributed by atoms with van der Waals surface area (Å²) in [6.45, 7) is 3.03. The molecule has 0 aliphatic carbocycles. The third-order valence-electron chi connectivity index (χ3n) is 2.60. The minimum absolute atomic E-state index is 0.0280. The fourth-order valence-electron chi connectivity index (χ4n) is 1.58. The van der Waals surface area contributed by atoms with Gasteiger partial charge in [-0.3, -0.25) is 9.59 Å². The summed E-state index contributed by atoms with van der Waals surface area (Å²) in [5.41, 5.74) is 1.75. The quantitative estimate of drug-likeness (QED) is 0.693. The highest BCUT2D eigenvalue weighted by Crippen LogP contribution is 2.12. The molecule has 1 unspecified atom stereocenters. The summed E-state index contributed by atoms with van der Waals surface area (Å²) in [6.07, 6.45) is 0. The maximum Gasteiger partial charge on any atom is 0.239 e. The molecule has 0 aliphatic rings. The number of aliphatic hydroxyl groups is 1. The normalized spacial score (nSPS) is 10.9. The van der Waals surface area contributed by atoms with Gasteiger partial charge in [-0.05, 0) is 24.6 Å². The van der Waals surface area contributed by atoms with E-state index in [0.717, 1.165) is 11.1 Å². The molecule has 20 heavy (non-hydrogen) atoms. The molecule has 0 fully saturated rings. The van der Waals surface area contributed by atoms with Crippen LogP contribution in [-0.2, 0) is 9.59 Å². The van der Waals surface area contributed by atoms with E-state index in [9.17, 15) is 9.59 Å². The Labute approximate surface area is 118 Å². The van der Waals surface area contributed by atoms with Crippen LogP contribution in [0, 0.1) is 11.8 Å². The number of carbonyl (C=O) groups is 2. The highest BCUT2D eigenvalue weighted by molar-refractivity contribution is 5.83. The Hall–Kier alpha value is -2.32. The van der Waals surface area contributed by atoms with E-state index < -0.39 is 0 Å². The van der Waals surface area contributed by atoms with Gasteiger partial charge in [0.15, 0.2) is 0 Å². The molecule has 5 heteroatoms. The Bertz CT molecular complexity index is 526. The first kappa shape index (κ1) is 15.7. The number of hydrogen-bond donors (Lipinski definition) is 3. The van der Waals surface area contributed by atoms with Crippen molar-refractivity contribution in [3.63, 3.8) is 0 Å². The Balaban J connectivity index is 2.57. The van der Waals surface area contributed by atoms with E-state index in [-0.39, 0.29) is 31.0 Å². The van der Waals surface area contributed by atoms with Gasteiger partial charge in [-0.15, -0.1) is 0 Å². The summed E-state index contributed by atoms with van der Waals surface area (Å²) in [5.74, 6) is 4.89. The molecule has 0 saturated carbocycles. The summed E-state index contributed by atoms with van der Waals surface area (Å²) in [6, 6.07) is 7.23. The van der Waals surface area contributed by atoms with Crippen molar-refractivity contribution >= 4 is 11.8 Å². The molecule has 1 atom stereocenters. The Kier molecular flexibility index (Phi) is 6.27. The van der Waals surface area contributed by atoms with Crippen molar-refractivity contribution in [1.29, 1.82) is 0 Å². The molecular weight excluding hydrogens is 256 g/mol. The number of aliphatic hydroxyl groups excluding tert-OH is 1. The molecule has 0 aromatic heterocycles. The van der Waals surface area contributed by atoms with Crippen molar-refractivity contribution in [3.8, 4) is 11.8 Å². The SMILES string of the molecule is CC(=O)NCC(=O)NC(C)c1ccc(C#CCO)cc1. The van der Waals surface area contributed by atoms with E-state index in [1.165, 1.54) is 6.92 Å². The Morgan fingerprint density at radius 3 is 2.50 bits per heavy atom. The van der Waals surface area contributed by atoms with Gasteiger partial charge < -0.3 is 15.7 Å². The van der Waals surface area contributed by atoms with Crippen LogP contribution in [0.5, 0.6) is 0 Å². The first-order chi connectivity index (χ1) is 9.52. The van der Waals surface area contributed by atoms with Gasteiger partial charge in [-0.25, -0.2) is 0 Å². The summed E-state index contributed by atoms with van der Waals surface area (Å²) >= 11 is 0. The molecule has 106 valence electrons. The number of hydrogen-bond acceptors (Lipinski definition) is 3. The second-order valence-corrected chi connectivity index (χ2v) is 4.28. The van der Waals surface area contributed by atoms with Crippen molar-refractivity contribution in [1.82, 2.24) is 10.6 Å². The van der Waals surface area contributed by atoms with Crippen molar-refractivity contribution in [2.45, 2.75) is 19.9 Å². The van der Waals surface area contributed by atoms with E-state index in [4.69, 9.17) is 5.11 Å². The zero-order valence-corrected chi connectivity index (χ0v) is 11.6. The molecule has 1 aromatic carbocycles. The molecule has 0 aliphatic heterocycles. The van der Waals surface area contributed by atoms with Gasteiger partial charge in [0.2, 0.25) is 11.8 Å². The molecule has 0 spiro atoms. The lowest BCUT2D eigenvalue weighted by Crippen LogP contribution is -2.37. The zero-order chi connectivity index (χ0) is 15.0. The van der Waals surface area contributed by atoms with E-state index in [1.54, 1.807) is 0 Å². The van der Waals surface area contributed by atoms with E-state index >= 15 is 0 Å². The highest BCUT2D eigenvalue weighted by Gasteiger charge is 2.09. The molecule has 0 saturated heterocycles. The number of benzene rings is 1. The lowest BCUT2D eigenvalue weighted by Gasteiger charge is -2.14. The predicted octanol–water partition coefficient (Wildman–Crippen LogP) is 0.344. The molecule has 1 aromatic rings. The number of nitrogens with one attached hydrogen (secondary N) is 2. The third-order valence-corrected chi connectivity index (χ3v) is 2.60. The van der Waals surface area contributed by atoms with E-state index in [1.807, 2.05) is 31.2 Å². The number of rotatable bonds is 4. The van der Waals surface area contributed by atoms with Crippen LogP contribution in [0.15, 0.2) is 24.3 Å². The molecule has 0 bridgehead atoms. The Morgan fingerprint density at radius 2 is 1.95 bits per heavy atom. The van der Waals surface area contributed by atoms with Crippen LogP contribution in [0.25, 0.3) is 0 Å². The van der Waals surface area contributed by atoms with E-state index in [2.05, 4.69) is 22.5 Å². The fraction of sp³-hybridized carbons (Fsp3) is 0.333. The smallest absolute Gasteiger partial charge is 0.239 e. The maximum atomic E-state index is 11.6. The van der Waals surface area contributed by atoms with Gasteiger partial charge in [-0.2, -0.15) is 0 Å². The van der Waals surface area contributed by atoms with Gasteiger partial charge in [0.05, 0.1) is 12.6 Å². The highest BCUT2D eigenvalue weighted by atomic mass is 16.2. The molecule has 2 amide bonds. The topological polar surface area (TPSA) is 78.4 Å². The van der Waals surface area contributed by atoms with E-state index in [0.29, 0.717) is 0 Å². The number of carbonyl (C=O) groups excluding carboxylic acids is 2. The molecule has 1 rings (SSSR count). The van der Waals surface area contributed by atoms with Crippen LogP contribution in [0.4, 0.5) is 0 Å². The molecular formula is C15H18N2O3. The van der Waals surface area contributed by atoms with Crippen molar-refractivity contribution in [2.75, 3.05) is 13.2 Å². The van der Waals surface area contributed by atoms with Crippen LogP contribution >= 0.6 is 0 Å². The number of amides is 2. The lowest BCUT2D eigenvalue weighted by atomic mass is 10.1. The van der Waals surface area contributed by atoms with Gasteiger partial charge in [0.1, 0.15) is 6.61 Å². The third kappa shape index (κ3) is 5.55. The van der Waals surface area contributed by atoms with Gasteiger partial charge in [0, 0.05) is 12.5 Å². The summed E-state index contributed by atoms with van der Waals surface area (Å²) in [4.78, 5) is 22.3. The van der Waals surface area contributed by atoms with Crippen molar-refractivity contribution in [2.24, 2.45) is 0 Å². The fourth-order valence-corrected chi connectivity index (χ4v) is 1.58. The van der Waals surface area contributed by atoms with Gasteiger partial charge >= 0.3 is 0 Å². The van der Waals surface area contributed by atoms with Gasteiger partial charge in [-0.1, -0.05) is 24.0 Å². The molecule has 3 N–H and O–H groups in total. The van der Waals surface area contributed by atoms with Crippen molar-refractivity contribution in [3.05, 3.63) is 35.4 Å². The monoisotopic (exact) mass is 274 g/mol. The first-order valence-electron chi connectivity index (χ1n) is 6.26. The second-order valence-electron chi connectivity index (χ2n) is 4.28. The standard InChI is InChI=1S/C15H18N2O3/c1-11(17-15(20)10-16-12(2)19)14-7-5-13(6-8-14)4-3-9-18/h5-8,11,18H,9-10H2,1-2H3,(H,16,19)(H,17,20). The summed E-state index contributed by atoms with van der Waals surface area (Å²) in [7, 11) is 0. The average Bonchev–Trinajstić information content (AvgIpc) is 2.43. The van der Waals surface area contributed by atoms with Crippen LogP contribution in [-0.4, -0.2) is 30.1 Å². The largest absolute Gasteiger partial charge is 0.384 e. The molecule has 0 heterocycles. The van der Waals surface area contributed by atoms with Crippen LogP contribution < -0.4 is 10.6 Å². The average molecular weight is 274 g/mol. The summed E-state index contributed by atoms with van der Waals surface area (Å²) in [5, 5.41) is 13.8. The first-order valence-corrected chi connectivity index (χ1v) is 6.26. The minimum Gasteiger partial charge on any atom is -0.384 e.